The fraction of sp³-hybridized carbons (Fsp3) is 0.667. The van der Waals surface area contributed by atoms with E-state index < -0.39 is 5.60 Å². The van der Waals surface area contributed by atoms with Crippen molar-refractivity contribution < 1.29 is 9.90 Å². The third-order valence-electron chi connectivity index (χ3n) is 3.54. The SMILES string of the molecule is CCN(CC(C)(C)O)C(=O)c1csc2c1CCCC2. The van der Waals surface area contributed by atoms with E-state index >= 15 is 0 Å². The molecule has 4 heteroatoms. The zero-order valence-electron chi connectivity index (χ0n) is 12.0. The molecule has 1 N–H and O–H groups in total. The molecule has 3 nitrogen and oxygen atoms in total. The summed E-state index contributed by atoms with van der Waals surface area (Å²) in [5.74, 6) is 0.0732. The van der Waals surface area contributed by atoms with Crippen LogP contribution in [0.1, 0.15) is 54.4 Å². The van der Waals surface area contributed by atoms with Gasteiger partial charge in [0, 0.05) is 23.3 Å². The molecule has 0 atom stereocenters. The van der Waals surface area contributed by atoms with Crippen molar-refractivity contribution in [1.29, 1.82) is 0 Å². The number of likely N-dealkylation sites (N-methyl/N-ethyl adjacent to an activating group) is 1. The lowest BCUT2D eigenvalue weighted by atomic mass is 9.95. The van der Waals surface area contributed by atoms with Gasteiger partial charge in [0.05, 0.1) is 11.2 Å². The van der Waals surface area contributed by atoms with E-state index in [1.807, 2.05) is 12.3 Å². The highest BCUT2D eigenvalue weighted by Gasteiger charge is 2.26. The molecule has 106 valence electrons. The van der Waals surface area contributed by atoms with E-state index in [-0.39, 0.29) is 5.91 Å². The van der Waals surface area contributed by atoms with Gasteiger partial charge in [-0.05, 0) is 52.0 Å². The van der Waals surface area contributed by atoms with Crippen LogP contribution in [0.3, 0.4) is 0 Å². The number of hydrogen-bond donors (Lipinski definition) is 1. The zero-order valence-corrected chi connectivity index (χ0v) is 12.8. The van der Waals surface area contributed by atoms with Gasteiger partial charge < -0.3 is 10.0 Å². The van der Waals surface area contributed by atoms with Crippen molar-refractivity contribution in [3.8, 4) is 0 Å². The fourth-order valence-electron chi connectivity index (χ4n) is 2.64. The maximum atomic E-state index is 12.6. The first-order valence-corrected chi connectivity index (χ1v) is 7.91. The third-order valence-corrected chi connectivity index (χ3v) is 4.63. The first-order chi connectivity index (χ1) is 8.92. The van der Waals surface area contributed by atoms with Crippen LogP contribution in [0.4, 0.5) is 0 Å². The van der Waals surface area contributed by atoms with Gasteiger partial charge in [-0.1, -0.05) is 0 Å². The summed E-state index contributed by atoms with van der Waals surface area (Å²) < 4.78 is 0. The number of aryl methyl sites for hydroxylation is 1. The number of thiophene rings is 1. The van der Waals surface area contributed by atoms with Crippen molar-refractivity contribution in [2.45, 2.75) is 52.1 Å². The van der Waals surface area contributed by atoms with Crippen molar-refractivity contribution in [2.75, 3.05) is 13.1 Å². The van der Waals surface area contributed by atoms with E-state index in [1.165, 1.54) is 23.3 Å². The lowest BCUT2D eigenvalue weighted by molar-refractivity contribution is 0.0314. The van der Waals surface area contributed by atoms with E-state index in [2.05, 4.69) is 0 Å². The number of fused-ring (bicyclic) bond motifs is 1. The van der Waals surface area contributed by atoms with Gasteiger partial charge in [-0.15, -0.1) is 11.3 Å². The molecule has 1 aromatic heterocycles. The Labute approximate surface area is 119 Å². The number of carbonyl (C=O) groups is 1. The van der Waals surface area contributed by atoms with Gasteiger partial charge in [-0.25, -0.2) is 0 Å². The zero-order chi connectivity index (χ0) is 14.0. The summed E-state index contributed by atoms with van der Waals surface area (Å²) in [7, 11) is 0. The van der Waals surface area contributed by atoms with Gasteiger partial charge >= 0.3 is 0 Å². The molecule has 0 radical (unpaired) electrons. The van der Waals surface area contributed by atoms with E-state index in [9.17, 15) is 9.90 Å². The summed E-state index contributed by atoms with van der Waals surface area (Å²) in [6, 6.07) is 0. The maximum Gasteiger partial charge on any atom is 0.255 e. The molecule has 1 aliphatic rings. The Bertz CT molecular complexity index is 459. The molecule has 0 aromatic carbocycles. The molecular weight excluding hydrogens is 258 g/mol. The molecule has 1 amide bonds. The molecular formula is C15H23NO2S. The van der Waals surface area contributed by atoms with Crippen LogP contribution in [0.15, 0.2) is 5.38 Å². The largest absolute Gasteiger partial charge is 0.389 e. The molecule has 1 heterocycles. The minimum absolute atomic E-state index is 0.0732. The van der Waals surface area contributed by atoms with Crippen molar-refractivity contribution in [2.24, 2.45) is 0 Å². The van der Waals surface area contributed by atoms with E-state index in [0.717, 1.165) is 18.4 Å². The Morgan fingerprint density at radius 3 is 2.74 bits per heavy atom. The molecule has 0 aliphatic heterocycles. The van der Waals surface area contributed by atoms with Crippen molar-refractivity contribution in [3.63, 3.8) is 0 Å². The van der Waals surface area contributed by atoms with Crippen molar-refractivity contribution >= 4 is 17.2 Å². The normalized spacial score (nSPS) is 15.2. The summed E-state index contributed by atoms with van der Waals surface area (Å²) in [5, 5.41) is 11.9. The first kappa shape index (κ1) is 14.5. The minimum Gasteiger partial charge on any atom is -0.389 e. The van der Waals surface area contributed by atoms with Crippen LogP contribution >= 0.6 is 11.3 Å². The van der Waals surface area contributed by atoms with E-state index in [1.54, 1.807) is 30.1 Å². The Balaban J connectivity index is 2.20. The number of hydrogen-bond acceptors (Lipinski definition) is 3. The molecule has 0 saturated heterocycles. The standard InChI is InChI=1S/C15H23NO2S/c1-4-16(10-15(2,3)18)14(17)12-9-19-13-8-6-5-7-11(12)13/h9,18H,4-8,10H2,1-3H3. The van der Waals surface area contributed by atoms with Crippen LogP contribution in [-0.4, -0.2) is 34.6 Å². The van der Waals surface area contributed by atoms with Crippen LogP contribution < -0.4 is 0 Å². The molecule has 1 aromatic rings. The molecule has 0 saturated carbocycles. The van der Waals surface area contributed by atoms with Crippen molar-refractivity contribution in [3.05, 3.63) is 21.4 Å². The van der Waals surface area contributed by atoms with Crippen LogP contribution in [-0.2, 0) is 12.8 Å². The average Bonchev–Trinajstić information content (AvgIpc) is 2.78. The predicted molar refractivity (Wildman–Crippen MR) is 78.8 cm³/mol. The third kappa shape index (κ3) is 3.37. The van der Waals surface area contributed by atoms with Crippen LogP contribution in [0, 0.1) is 0 Å². The topological polar surface area (TPSA) is 40.5 Å². The number of aliphatic hydroxyl groups is 1. The fourth-order valence-corrected chi connectivity index (χ4v) is 3.76. The Morgan fingerprint density at radius 2 is 2.11 bits per heavy atom. The summed E-state index contributed by atoms with van der Waals surface area (Å²) in [6.45, 7) is 6.46. The first-order valence-electron chi connectivity index (χ1n) is 7.03. The number of carbonyl (C=O) groups excluding carboxylic acids is 1. The molecule has 2 rings (SSSR count). The van der Waals surface area contributed by atoms with Gasteiger partial charge in [0.1, 0.15) is 0 Å². The maximum absolute atomic E-state index is 12.6. The summed E-state index contributed by atoms with van der Waals surface area (Å²) in [5.41, 5.74) is 1.28. The Morgan fingerprint density at radius 1 is 1.42 bits per heavy atom. The monoisotopic (exact) mass is 281 g/mol. The van der Waals surface area contributed by atoms with Gasteiger partial charge in [-0.3, -0.25) is 4.79 Å². The quantitative estimate of drug-likeness (QED) is 0.922. The molecule has 0 unspecified atom stereocenters. The van der Waals surface area contributed by atoms with Gasteiger partial charge in [-0.2, -0.15) is 0 Å². The second-order valence-electron chi connectivity index (χ2n) is 5.89. The second-order valence-corrected chi connectivity index (χ2v) is 6.85. The van der Waals surface area contributed by atoms with Crippen LogP contribution in [0.2, 0.25) is 0 Å². The summed E-state index contributed by atoms with van der Waals surface area (Å²) in [6.07, 6.45) is 4.56. The number of rotatable bonds is 4. The predicted octanol–water partition coefficient (Wildman–Crippen LogP) is 2.86. The molecule has 0 fully saturated rings. The lowest BCUT2D eigenvalue weighted by Gasteiger charge is -2.28. The van der Waals surface area contributed by atoms with Gasteiger partial charge in [0.15, 0.2) is 0 Å². The molecule has 1 aliphatic carbocycles. The smallest absolute Gasteiger partial charge is 0.255 e. The Hall–Kier alpha value is -0.870. The van der Waals surface area contributed by atoms with Gasteiger partial charge in [0.25, 0.3) is 5.91 Å². The minimum atomic E-state index is -0.845. The lowest BCUT2D eigenvalue weighted by Crippen LogP contribution is -2.42. The highest BCUT2D eigenvalue weighted by atomic mass is 32.1. The molecule has 0 bridgehead atoms. The van der Waals surface area contributed by atoms with Crippen molar-refractivity contribution in [1.82, 2.24) is 4.90 Å². The highest BCUT2D eigenvalue weighted by Crippen LogP contribution is 2.31. The Kier molecular flexibility index (Phi) is 4.31. The number of amides is 1. The average molecular weight is 281 g/mol. The second kappa shape index (κ2) is 5.63. The number of nitrogens with zero attached hydrogens (tertiary/aromatic N) is 1. The van der Waals surface area contributed by atoms with Crippen LogP contribution in [0.25, 0.3) is 0 Å². The molecule has 19 heavy (non-hydrogen) atoms. The molecule has 0 spiro atoms. The summed E-state index contributed by atoms with van der Waals surface area (Å²) in [4.78, 5) is 15.7. The highest BCUT2D eigenvalue weighted by molar-refractivity contribution is 7.10. The van der Waals surface area contributed by atoms with Crippen LogP contribution in [0.5, 0.6) is 0 Å². The summed E-state index contributed by atoms with van der Waals surface area (Å²) >= 11 is 1.72. The van der Waals surface area contributed by atoms with E-state index in [0.29, 0.717) is 13.1 Å². The van der Waals surface area contributed by atoms with E-state index in [4.69, 9.17) is 0 Å². The van der Waals surface area contributed by atoms with Gasteiger partial charge in [0.2, 0.25) is 0 Å².